The minimum atomic E-state index is -0.144. The predicted octanol–water partition coefficient (Wildman–Crippen LogP) is 3.30. The lowest BCUT2D eigenvalue weighted by atomic mass is 10.1. The molecule has 1 aliphatic heterocycles. The van der Waals surface area contributed by atoms with Gasteiger partial charge in [0, 0.05) is 33.8 Å². The average Bonchev–Trinajstić information content (AvgIpc) is 3.39. The van der Waals surface area contributed by atoms with Crippen molar-refractivity contribution in [2.24, 2.45) is 0 Å². The zero-order valence-corrected chi connectivity index (χ0v) is 17.6. The molecule has 9 heteroatoms. The van der Waals surface area contributed by atoms with Crippen LogP contribution in [0.15, 0.2) is 44.7 Å². The smallest absolute Gasteiger partial charge is 0.271 e. The quantitative estimate of drug-likeness (QED) is 0.566. The monoisotopic (exact) mass is 432 g/mol. The standard InChI is InChI=1S/C20H21ClN4O3S/c1-13-17(29-16-8-9-27-12-16)10-22-25(20(13)26)11-19-23-18(24-28-19)7-4-14-2-5-15(21)6-3-14/h2-3,5-6,10,16H,4,7-9,11-12H2,1H3/t16-/m1/s1. The number of hydrogen-bond acceptors (Lipinski definition) is 7. The fraction of sp³-hybridized carbons (Fsp3) is 0.400. The van der Waals surface area contributed by atoms with E-state index in [0.29, 0.717) is 40.6 Å². The van der Waals surface area contributed by atoms with E-state index in [1.807, 2.05) is 31.2 Å². The highest BCUT2D eigenvalue weighted by Crippen LogP contribution is 2.29. The van der Waals surface area contributed by atoms with E-state index in [2.05, 4.69) is 15.2 Å². The van der Waals surface area contributed by atoms with Gasteiger partial charge in [-0.1, -0.05) is 28.9 Å². The molecule has 0 radical (unpaired) electrons. The van der Waals surface area contributed by atoms with Gasteiger partial charge in [0.25, 0.3) is 5.56 Å². The lowest BCUT2D eigenvalue weighted by Crippen LogP contribution is -2.26. The number of aromatic nitrogens is 4. The summed E-state index contributed by atoms with van der Waals surface area (Å²) in [5, 5.41) is 9.39. The van der Waals surface area contributed by atoms with Crippen molar-refractivity contribution in [3.05, 3.63) is 68.7 Å². The third-order valence-electron chi connectivity index (χ3n) is 4.77. The largest absolute Gasteiger partial charge is 0.380 e. The minimum absolute atomic E-state index is 0.144. The van der Waals surface area contributed by atoms with Crippen molar-refractivity contribution in [3.63, 3.8) is 0 Å². The van der Waals surface area contributed by atoms with Crippen LogP contribution < -0.4 is 5.56 Å². The fourth-order valence-corrected chi connectivity index (χ4v) is 4.31. The molecule has 2 aromatic heterocycles. The maximum atomic E-state index is 12.7. The molecular weight excluding hydrogens is 412 g/mol. The van der Waals surface area contributed by atoms with Gasteiger partial charge in [0.15, 0.2) is 5.82 Å². The van der Waals surface area contributed by atoms with E-state index in [4.69, 9.17) is 20.9 Å². The van der Waals surface area contributed by atoms with E-state index in [1.165, 1.54) is 4.68 Å². The van der Waals surface area contributed by atoms with Gasteiger partial charge in [-0.3, -0.25) is 4.79 Å². The summed E-state index contributed by atoms with van der Waals surface area (Å²) >= 11 is 7.56. The van der Waals surface area contributed by atoms with Crippen molar-refractivity contribution in [1.82, 2.24) is 19.9 Å². The van der Waals surface area contributed by atoms with E-state index in [1.54, 1.807) is 18.0 Å². The number of nitrogens with zero attached hydrogens (tertiary/aromatic N) is 4. The third kappa shape index (κ3) is 5.07. The van der Waals surface area contributed by atoms with Crippen LogP contribution in [0.25, 0.3) is 0 Å². The molecule has 0 unspecified atom stereocenters. The number of benzene rings is 1. The summed E-state index contributed by atoms with van der Waals surface area (Å²) in [6.45, 7) is 3.47. The van der Waals surface area contributed by atoms with Gasteiger partial charge in [0.2, 0.25) is 5.89 Å². The third-order valence-corrected chi connectivity index (χ3v) is 6.39. The summed E-state index contributed by atoms with van der Waals surface area (Å²) in [5.41, 5.74) is 1.68. The zero-order chi connectivity index (χ0) is 20.2. The van der Waals surface area contributed by atoms with E-state index in [9.17, 15) is 4.79 Å². The Morgan fingerprint density at radius 1 is 1.28 bits per heavy atom. The molecule has 1 aliphatic rings. The van der Waals surface area contributed by atoms with Crippen molar-refractivity contribution in [2.45, 2.75) is 42.9 Å². The highest BCUT2D eigenvalue weighted by molar-refractivity contribution is 8.00. The molecule has 0 aliphatic carbocycles. The Bertz CT molecular complexity index is 1030. The number of rotatable bonds is 7. The first-order valence-corrected chi connectivity index (χ1v) is 10.7. The number of aryl methyl sites for hydroxylation is 2. The summed E-state index contributed by atoms with van der Waals surface area (Å²) in [5.74, 6) is 0.975. The van der Waals surface area contributed by atoms with Gasteiger partial charge in [0.05, 0.1) is 12.8 Å². The normalized spacial score (nSPS) is 16.4. The molecule has 7 nitrogen and oxygen atoms in total. The molecule has 152 valence electrons. The van der Waals surface area contributed by atoms with Crippen LogP contribution in [0.1, 0.15) is 29.3 Å². The van der Waals surface area contributed by atoms with Gasteiger partial charge < -0.3 is 9.26 Å². The summed E-state index contributed by atoms with van der Waals surface area (Å²) in [7, 11) is 0. The highest BCUT2D eigenvalue weighted by Gasteiger charge is 2.19. The first kappa shape index (κ1) is 20.1. The van der Waals surface area contributed by atoms with Crippen molar-refractivity contribution >= 4 is 23.4 Å². The Morgan fingerprint density at radius 2 is 2.10 bits per heavy atom. The molecule has 3 heterocycles. The molecule has 1 fully saturated rings. The van der Waals surface area contributed by atoms with Gasteiger partial charge in [-0.15, -0.1) is 11.8 Å². The van der Waals surface area contributed by atoms with E-state index >= 15 is 0 Å². The molecule has 3 aromatic rings. The average molecular weight is 433 g/mol. The number of ether oxygens (including phenoxy) is 1. The Kier molecular flexibility index (Phi) is 6.32. The molecule has 1 atom stereocenters. The van der Waals surface area contributed by atoms with Crippen LogP contribution in [0.3, 0.4) is 0 Å². The van der Waals surface area contributed by atoms with Gasteiger partial charge in [-0.05, 0) is 37.5 Å². The van der Waals surface area contributed by atoms with Crippen LogP contribution in [0.2, 0.25) is 5.02 Å². The van der Waals surface area contributed by atoms with Crippen molar-refractivity contribution in [2.75, 3.05) is 13.2 Å². The van der Waals surface area contributed by atoms with Crippen molar-refractivity contribution in [1.29, 1.82) is 0 Å². The summed E-state index contributed by atoms with van der Waals surface area (Å²) in [4.78, 5) is 18.0. The molecule has 0 amide bonds. The van der Waals surface area contributed by atoms with Crippen LogP contribution in [-0.2, 0) is 24.1 Å². The summed E-state index contributed by atoms with van der Waals surface area (Å²) < 4.78 is 12.1. The molecular formula is C20H21ClN4O3S. The Morgan fingerprint density at radius 3 is 2.86 bits per heavy atom. The van der Waals surface area contributed by atoms with Crippen LogP contribution >= 0.6 is 23.4 Å². The topological polar surface area (TPSA) is 83.0 Å². The number of halogens is 1. The van der Waals surface area contributed by atoms with Crippen LogP contribution in [0.5, 0.6) is 0 Å². The van der Waals surface area contributed by atoms with Gasteiger partial charge in [0.1, 0.15) is 6.54 Å². The maximum absolute atomic E-state index is 12.7. The molecule has 1 saturated heterocycles. The van der Waals surface area contributed by atoms with Crippen molar-refractivity contribution in [3.8, 4) is 0 Å². The van der Waals surface area contributed by atoms with E-state index in [-0.39, 0.29) is 12.1 Å². The lowest BCUT2D eigenvalue weighted by Gasteiger charge is -2.10. The first-order chi connectivity index (χ1) is 14.1. The Labute approximate surface area is 177 Å². The molecule has 4 rings (SSSR count). The predicted molar refractivity (Wildman–Crippen MR) is 111 cm³/mol. The molecule has 29 heavy (non-hydrogen) atoms. The van der Waals surface area contributed by atoms with Gasteiger partial charge in [-0.25, -0.2) is 4.68 Å². The van der Waals surface area contributed by atoms with Crippen LogP contribution in [0.4, 0.5) is 0 Å². The second-order valence-corrected chi connectivity index (χ2v) is 8.71. The van der Waals surface area contributed by atoms with Crippen LogP contribution in [0, 0.1) is 6.92 Å². The summed E-state index contributed by atoms with van der Waals surface area (Å²) in [6, 6.07) is 7.68. The number of thioether (sulfide) groups is 1. The second-order valence-electron chi connectivity index (χ2n) is 6.93. The maximum Gasteiger partial charge on any atom is 0.271 e. The SMILES string of the molecule is Cc1c(S[C@@H]2CCOC2)cnn(Cc2nc(CCc3ccc(Cl)cc3)no2)c1=O. The molecule has 0 saturated carbocycles. The fourth-order valence-electron chi connectivity index (χ4n) is 3.08. The molecule has 0 spiro atoms. The Balaban J connectivity index is 1.39. The highest BCUT2D eigenvalue weighted by atomic mass is 35.5. The molecule has 0 bridgehead atoms. The van der Waals surface area contributed by atoms with Crippen molar-refractivity contribution < 1.29 is 9.26 Å². The van der Waals surface area contributed by atoms with Crippen LogP contribution in [-0.4, -0.2) is 38.4 Å². The van der Waals surface area contributed by atoms with E-state index in [0.717, 1.165) is 29.9 Å². The minimum Gasteiger partial charge on any atom is -0.380 e. The lowest BCUT2D eigenvalue weighted by molar-refractivity contribution is 0.199. The van der Waals surface area contributed by atoms with Gasteiger partial charge in [-0.2, -0.15) is 10.1 Å². The van der Waals surface area contributed by atoms with Gasteiger partial charge >= 0.3 is 0 Å². The summed E-state index contributed by atoms with van der Waals surface area (Å²) in [6.07, 6.45) is 4.15. The Hall–Kier alpha value is -2.16. The molecule has 1 aromatic carbocycles. The second kappa shape index (κ2) is 9.11. The number of hydrogen-bond donors (Lipinski definition) is 0. The zero-order valence-electron chi connectivity index (χ0n) is 16.0. The molecule has 0 N–H and O–H groups in total. The first-order valence-electron chi connectivity index (χ1n) is 9.45. The van der Waals surface area contributed by atoms with E-state index < -0.39 is 0 Å².